The summed E-state index contributed by atoms with van der Waals surface area (Å²) in [5.74, 6) is 0. The van der Waals surface area contributed by atoms with Crippen LogP contribution in [0.5, 0.6) is 0 Å². The predicted molar refractivity (Wildman–Crippen MR) is 78.8 cm³/mol. The molecule has 0 aliphatic rings. The number of hydrogen-bond acceptors (Lipinski definition) is 2. The Balaban J connectivity index is 2.53. The van der Waals surface area contributed by atoms with Crippen molar-refractivity contribution in [3.63, 3.8) is 0 Å². The molecule has 0 radical (unpaired) electrons. The molecule has 1 aromatic heterocycles. The average Bonchev–Trinajstić information content (AvgIpc) is 2.30. The first-order valence-corrected chi connectivity index (χ1v) is 7.08. The van der Waals surface area contributed by atoms with E-state index in [4.69, 9.17) is 0 Å². The quantitative estimate of drug-likeness (QED) is 0.829. The molecule has 1 N–H and O–H groups in total. The molecule has 0 aromatic carbocycles. The van der Waals surface area contributed by atoms with Gasteiger partial charge >= 0.3 is 0 Å². The molecule has 1 unspecified atom stereocenters. The summed E-state index contributed by atoms with van der Waals surface area (Å²) in [7, 11) is 0. The summed E-state index contributed by atoms with van der Waals surface area (Å²) < 4.78 is 0. The summed E-state index contributed by atoms with van der Waals surface area (Å²) in [4.78, 5) is 4.36. The molecule has 0 fully saturated rings. The maximum atomic E-state index is 4.36. The van der Waals surface area contributed by atoms with E-state index < -0.39 is 0 Å². The fourth-order valence-corrected chi connectivity index (χ4v) is 2.12. The van der Waals surface area contributed by atoms with Crippen molar-refractivity contribution < 1.29 is 0 Å². The number of pyridine rings is 1. The largest absolute Gasteiger partial charge is 0.313 e. The van der Waals surface area contributed by atoms with Gasteiger partial charge in [0.2, 0.25) is 0 Å². The van der Waals surface area contributed by atoms with Crippen molar-refractivity contribution in [1.82, 2.24) is 10.3 Å². The minimum absolute atomic E-state index is 0.313. The standard InChI is InChI=1S/C16H28N2/c1-6-11-17-15(16(3,4)5)10-9-14-8-7-13(2)18-12-14/h7-8,12,15,17H,6,9-11H2,1-5H3. The highest BCUT2D eigenvalue weighted by molar-refractivity contribution is 5.13. The van der Waals surface area contributed by atoms with Crippen LogP contribution in [-0.4, -0.2) is 17.6 Å². The summed E-state index contributed by atoms with van der Waals surface area (Å²) >= 11 is 0. The first-order chi connectivity index (χ1) is 8.43. The maximum absolute atomic E-state index is 4.36. The summed E-state index contributed by atoms with van der Waals surface area (Å²) in [6, 6.07) is 4.86. The Kier molecular flexibility index (Phi) is 5.80. The van der Waals surface area contributed by atoms with Gasteiger partial charge in [-0.3, -0.25) is 4.98 Å². The molecule has 0 bridgehead atoms. The van der Waals surface area contributed by atoms with Crippen LogP contribution in [0.15, 0.2) is 18.3 Å². The van der Waals surface area contributed by atoms with Crippen LogP contribution >= 0.6 is 0 Å². The zero-order chi connectivity index (χ0) is 13.6. The number of rotatable bonds is 6. The molecule has 1 heterocycles. The van der Waals surface area contributed by atoms with E-state index in [0.717, 1.165) is 18.7 Å². The van der Waals surface area contributed by atoms with Crippen LogP contribution in [0.25, 0.3) is 0 Å². The van der Waals surface area contributed by atoms with Gasteiger partial charge in [0.1, 0.15) is 0 Å². The molecule has 1 aromatic rings. The molecule has 0 aliphatic heterocycles. The normalized spacial score (nSPS) is 13.6. The number of nitrogens with zero attached hydrogens (tertiary/aromatic N) is 1. The molecule has 1 rings (SSSR count). The lowest BCUT2D eigenvalue weighted by Gasteiger charge is -2.32. The fraction of sp³-hybridized carbons (Fsp3) is 0.688. The van der Waals surface area contributed by atoms with E-state index in [1.165, 1.54) is 18.4 Å². The minimum atomic E-state index is 0.313. The zero-order valence-corrected chi connectivity index (χ0v) is 12.6. The molecule has 0 spiro atoms. The van der Waals surface area contributed by atoms with Crippen molar-refractivity contribution in [2.24, 2.45) is 5.41 Å². The molecule has 1 atom stereocenters. The number of hydrogen-bond donors (Lipinski definition) is 1. The lowest BCUT2D eigenvalue weighted by Crippen LogP contribution is -2.41. The van der Waals surface area contributed by atoms with Gasteiger partial charge in [0.05, 0.1) is 0 Å². The first-order valence-electron chi connectivity index (χ1n) is 7.08. The van der Waals surface area contributed by atoms with Crippen molar-refractivity contribution in [3.05, 3.63) is 29.6 Å². The van der Waals surface area contributed by atoms with Crippen molar-refractivity contribution in [2.75, 3.05) is 6.54 Å². The van der Waals surface area contributed by atoms with E-state index in [1.807, 2.05) is 13.1 Å². The Morgan fingerprint density at radius 3 is 2.50 bits per heavy atom. The van der Waals surface area contributed by atoms with Crippen molar-refractivity contribution in [3.8, 4) is 0 Å². The van der Waals surface area contributed by atoms with Gasteiger partial charge in [-0.15, -0.1) is 0 Å². The topological polar surface area (TPSA) is 24.9 Å². The monoisotopic (exact) mass is 248 g/mol. The van der Waals surface area contributed by atoms with E-state index in [1.54, 1.807) is 0 Å². The Hall–Kier alpha value is -0.890. The fourth-order valence-electron chi connectivity index (χ4n) is 2.12. The molecule has 2 heteroatoms. The molecule has 0 saturated carbocycles. The lowest BCUT2D eigenvalue weighted by molar-refractivity contribution is 0.255. The second-order valence-electron chi connectivity index (χ2n) is 6.22. The summed E-state index contributed by atoms with van der Waals surface area (Å²) in [6.07, 6.45) is 5.48. The lowest BCUT2D eigenvalue weighted by atomic mass is 9.83. The minimum Gasteiger partial charge on any atom is -0.313 e. The Bertz CT molecular complexity index is 335. The molecule has 102 valence electrons. The summed E-state index contributed by atoms with van der Waals surface area (Å²) in [6.45, 7) is 12.3. The smallest absolute Gasteiger partial charge is 0.0372 e. The van der Waals surface area contributed by atoms with Gasteiger partial charge in [0, 0.05) is 17.9 Å². The summed E-state index contributed by atoms with van der Waals surface area (Å²) in [5, 5.41) is 3.67. The van der Waals surface area contributed by atoms with E-state index in [9.17, 15) is 0 Å². The van der Waals surface area contributed by atoms with E-state index in [2.05, 4.69) is 50.1 Å². The van der Waals surface area contributed by atoms with E-state index >= 15 is 0 Å². The van der Waals surface area contributed by atoms with Crippen LogP contribution in [0.4, 0.5) is 0 Å². The zero-order valence-electron chi connectivity index (χ0n) is 12.6. The van der Waals surface area contributed by atoms with Crippen LogP contribution in [-0.2, 0) is 6.42 Å². The maximum Gasteiger partial charge on any atom is 0.0372 e. The van der Waals surface area contributed by atoms with Crippen LogP contribution in [0.3, 0.4) is 0 Å². The van der Waals surface area contributed by atoms with Gasteiger partial charge in [0.15, 0.2) is 0 Å². The molecule has 0 aliphatic carbocycles. The van der Waals surface area contributed by atoms with Crippen molar-refractivity contribution in [1.29, 1.82) is 0 Å². The molecule has 0 amide bonds. The van der Waals surface area contributed by atoms with Gasteiger partial charge in [-0.25, -0.2) is 0 Å². The molecule has 18 heavy (non-hydrogen) atoms. The van der Waals surface area contributed by atoms with Crippen LogP contribution < -0.4 is 5.32 Å². The predicted octanol–water partition coefficient (Wildman–Crippen LogP) is 3.74. The number of aromatic nitrogens is 1. The average molecular weight is 248 g/mol. The second-order valence-corrected chi connectivity index (χ2v) is 6.22. The van der Waals surface area contributed by atoms with Gasteiger partial charge in [-0.05, 0) is 49.8 Å². The molecule has 2 nitrogen and oxygen atoms in total. The van der Waals surface area contributed by atoms with Gasteiger partial charge in [-0.2, -0.15) is 0 Å². The highest BCUT2D eigenvalue weighted by atomic mass is 14.9. The van der Waals surface area contributed by atoms with E-state index in [0.29, 0.717) is 11.5 Å². The molecule has 0 saturated heterocycles. The molecular weight excluding hydrogens is 220 g/mol. The van der Waals surface area contributed by atoms with Crippen LogP contribution in [0, 0.1) is 12.3 Å². The number of aryl methyl sites for hydroxylation is 2. The number of nitrogens with one attached hydrogen (secondary N) is 1. The third kappa shape index (κ3) is 5.18. The van der Waals surface area contributed by atoms with Gasteiger partial charge in [-0.1, -0.05) is 33.8 Å². The van der Waals surface area contributed by atoms with Gasteiger partial charge < -0.3 is 5.32 Å². The SMILES string of the molecule is CCCNC(CCc1ccc(C)nc1)C(C)(C)C. The first kappa shape index (κ1) is 15.2. The van der Waals surface area contributed by atoms with Crippen molar-refractivity contribution in [2.45, 2.75) is 59.9 Å². The third-order valence-corrected chi connectivity index (χ3v) is 3.38. The highest BCUT2D eigenvalue weighted by Crippen LogP contribution is 2.23. The van der Waals surface area contributed by atoms with Gasteiger partial charge in [0.25, 0.3) is 0 Å². The Morgan fingerprint density at radius 2 is 2.00 bits per heavy atom. The van der Waals surface area contributed by atoms with Crippen LogP contribution in [0.2, 0.25) is 0 Å². The Morgan fingerprint density at radius 1 is 1.28 bits per heavy atom. The Labute approximate surface area is 112 Å². The van der Waals surface area contributed by atoms with Crippen LogP contribution in [0.1, 0.15) is 51.8 Å². The second kappa shape index (κ2) is 6.89. The third-order valence-electron chi connectivity index (χ3n) is 3.38. The molecular formula is C16H28N2. The summed E-state index contributed by atoms with van der Waals surface area (Å²) in [5.41, 5.74) is 2.75. The highest BCUT2D eigenvalue weighted by Gasteiger charge is 2.23. The van der Waals surface area contributed by atoms with E-state index in [-0.39, 0.29) is 0 Å². The van der Waals surface area contributed by atoms with Crippen molar-refractivity contribution >= 4 is 0 Å².